The lowest BCUT2D eigenvalue weighted by atomic mass is 10.3. The fourth-order valence-electron chi connectivity index (χ4n) is 1.28. The summed E-state index contributed by atoms with van der Waals surface area (Å²) in [7, 11) is 0. The van der Waals surface area contributed by atoms with Crippen molar-refractivity contribution in [1.29, 1.82) is 0 Å². The molecule has 1 heterocycles. The zero-order valence-electron chi connectivity index (χ0n) is 8.85. The number of hydrogen-bond acceptors (Lipinski definition) is 2. The molecule has 0 aliphatic heterocycles. The number of carbonyl (C=O) groups excluding carboxylic acids is 1. The highest BCUT2D eigenvalue weighted by atomic mass is 35.5. The lowest BCUT2D eigenvalue weighted by Crippen LogP contribution is -2.19. The van der Waals surface area contributed by atoms with E-state index in [1.807, 2.05) is 0 Å². The third-order valence-electron chi connectivity index (χ3n) is 1.99. The molecule has 2 N–H and O–H groups in total. The summed E-state index contributed by atoms with van der Waals surface area (Å²) < 4.78 is 0. The van der Waals surface area contributed by atoms with Gasteiger partial charge in [0.25, 0.3) is 0 Å². The zero-order valence-corrected chi connectivity index (χ0v) is 9.61. The number of nitrogens with zero attached hydrogens (tertiary/aromatic N) is 1. The van der Waals surface area contributed by atoms with Gasteiger partial charge in [0, 0.05) is 16.9 Å². The minimum atomic E-state index is -0.356. The minimum absolute atomic E-state index is 0.356. The molecule has 2 aromatic rings. The van der Waals surface area contributed by atoms with Gasteiger partial charge in [-0.1, -0.05) is 23.7 Å². The number of halogens is 1. The number of urea groups is 1. The quantitative estimate of drug-likeness (QED) is 0.855. The molecule has 2 amide bonds. The molecule has 0 aliphatic carbocycles. The van der Waals surface area contributed by atoms with Gasteiger partial charge in [0.1, 0.15) is 5.82 Å². The van der Waals surface area contributed by atoms with E-state index in [9.17, 15) is 4.79 Å². The van der Waals surface area contributed by atoms with Gasteiger partial charge in [-0.3, -0.25) is 5.32 Å². The summed E-state index contributed by atoms with van der Waals surface area (Å²) in [6.07, 6.45) is 1.61. The first-order chi connectivity index (χ1) is 8.24. The molecule has 0 fully saturated rings. The molecule has 0 bridgehead atoms. The maximum absolute atomic E-state index is 11.6. The summed E-state index contributed by atoms with van der Waals surface area (Å²) in [6, 6.07) is 11.8. The molecule has 4 nitrogen and oxygen atoms in total. The van der Waals surface area contributed by atoms with Crippen molar-refractivity contribution in [1.82, 2.24) is 4.98 Å². The molecule has 0 unspecified atom stereocenters. The fraction of sp³-hybridized carbons (Fsp3) is 0. The normalized spacial score (nSPS) is 9.71. The third kappa shape index (κ3) is 3.46. The molecular formula is C12H10ClN3O. The Kier molecular flexibility index (Phi) is 3.57. The first kappa shape index (κ1) is 11.4. The topological polar surface area (TPSA) is 54.0 Å². The molecule has 0 saturated carbocycles. The SMILES string of the molecule is O=C(Nc1cccc(Cl)c1)Nc1ccccn1. The number of nitrogens with one attached hydrogen (secondary N) is 2. The molecule has 0 radical (unpaired) electrons. The minimum Gasteiger partial charge on any atom is -0.308 e. The van der Waals surface area contributed by atoms with Crippen molar-refractivity contribution in [3.63, 3.8) is 0 Å². The molecule has 0 spiro atoms. The zero-order chi connectivity index (χ0) is 12.1. The van der Waals surface area contributed by atoms with E-state index in [2.05, 4.69) is 15.6 Å². The highest BCUT2D eigenvalue weighted by molar-refractivity contribution is 6.30. The van der Waals surface area contributed by atoms with Crippen LogP contribution in [0.15, 0.2) is 48.7 Å². The Balaban J connectivity index is 1.98. The third-order valence-corrected chi connectivity index (χ3v) is 2.22. The Morgan fingerprint density at radius 2 is 2.00 bits per heavy atom. The van der Waals surface area contributed by atoms with E-state index in [0.717, 1.165) is 0 Å². The number of aromatic nitrogens is 1. The van der Waals surface area contributed by atoms with Gasteiger partial charge < -0.3 is 5.32 Å². The first-order valence-corrected chi connectivity index (χ1v) is 5.36. The van der Waals surface area contributed by atoms with Crippen LogP contribution < -0.4 is 10.6 Å². The van der Waals surface area contributed by atoms with Crippen LogP contribution in [-0.4, -0.2) is 11.0 Å². The standard InChI is InChI=1S/C12H10ClN3O/c13-9-4-3-5-10(8-9)15-12(17)16-11-6-1-2-7-14-11/h1-8H,(H2,14,15,16,17). The first-order valence-electron chi connectivity index (χ1n) is 4.98. The second-order valence-corrected chi connectivity index (χ2v) is 3.74. The van der Waals surface area contributed by atoms with Crippen LogP contribution in [0.25, 0.3) is 0 Å². The van der Waals surface area contributed by atoms with Gasteiger partial charge >= 0.3 is 6.03 Å². The van der Waals surface area contributed by atoms with Gasteiger partial charge in [0.2, 0.25) is 0 Å². The lowest BCUT2D eigenvalue weighted by Gasteiger charge is -2.06. The van der Waals surface area contributed by atoms with Crippen molar-refractivity contribution in [2.75, 3.05) is 10.6 Å². The number of anilines is 2. The molecule has 1 aromatic carbocycles. The number of carbonyl (C=O) groups is 1. The molecule has 0 saturated heterocycles. The van der Waals surface area contributed by atoms with E-state index >= 15 is 0 Å². The van der Waals surface area contributed by atoms with Crippen LogP contribution in [0, 0.1) is 0 Å². The molecule has 0 aliphatic rings. The van der Waals surface area contributed by atoms with Gasteiger partial charge in [-0.05, 0) is 30.3 Å². The van der Waals surface area contributed by atoms with Crippen molar-refractivity contribution in [3.05, 3.63) is 53.7 Å². The van der Waals surface area contributed by atoms with Crippen LogP contribution in [0.5, 0.6) is 0 Å². The highest BCUT2D eigenvalue weighted by Crippen LogP contribution is 2.15. The van der Waals surface area contributed by atoms with E-state index in [0.29, 0.717) is 16.5 Å². The van der Waals surface area contributed by atoms with Crippen molar-refractivity contribution in [2.24, 2.45) is 0 Å². The highest BCUT2D eigenvalue weighted by Gasteiger charge is 2.02. The summed E-state index contributed by atoms with van der Waals surface area (Å²) >= 11 is 5.80. The molecule has 5 heteroatoms. The summed E-state index contributed by atoms with van der Waals surface area (Å²) in [5.41, 5.74) is 0.630. The van der Waals surface area contributed by atoms with E-state index in [-0.39, 0.29) is 6.03 Å². The predicted molar refractivity (Wildman–Crippen MR) is 68.3 cm³/mol. The number of pyridine rings is 1. The molecule has 17 heavy (non-hydrogen) atoms. The summed E-state index contributed by atoms with van der Waals surface area (Å²) in [5.74, 6) is 0.493. The van der Waals surface area contributed by atoms with Crippen LogP contribution in [0.4, 0.5) is 16.3 Å². The molecule has 1 aromatic heterocycles. The second kappa shape index (κ2) is 5.32. The number of hydrogen-bond donors (Lipinski definition) is 2. The number of amides is 2. The van der Waals surface area contributed by atoms with Gasteiger partial charge in [-0.15, -0.1) is 0 Å². The smallest absolute Gasteiger partial charge is 0.308 e. The summed E-state index contributed by atoms with van der Waals surface area (Å²) in [5, 5.41) is 5.83. The Morgan fingerprint density at radius 3 is 2.71 bits per heavy atom. The van der Waals surface area contributed by atoms with Crippen molar-refractivity contribution in [2.45, 2.75) is 0 Å². The van der Waals surface area contributed by atoms with Crippen molar-refractivity contribution in [3.8, 4) is 0 Å². The van der Waals surface area contributed by atoms with Gasteiger partial charge in [0.05, 0.1) is 0 Å². The van der Waals surface area contributed by atoms with E-state index in [1.54, 1.807) is 48.7 Å². The van der Waals surface area contributed by atoms with E-state index < -0.39 is 0 Å². The molecule has 2 rings (SSSR count). The lowest BCUT2D eigenvalue weighted by molar-refractivity contribution is 0.262. The Hall–Kier alpha value is -2.07. The average Bonchev–Trinajstić information content (AvgIpc) is 2.30. The largest absolute Gasteiger partial charge is 0.324 e. The predicted octanol–water partition coefficient (Wildman–Crippen LogP) is 3.38. The van der Waals surface area contributed by atoms with Gasteiger partial charge in [-0.25, -0.2) is 9.78 Å². The molecule has 0 atom stereocenters. The molecular weight excluding hydrogens is 238 g/mol. The fourth-order valence-corrected chi connectivity index (χ4v) is 1.47. The van der Waals surface area contributed by atoms with Gasteiger partial charge in [0.15, 0.2) is 0 Å². The number of benzene rings is 1. The Bertz CT molecular complexity index is 516. The summed E-state index contributed by atoms with van der Waals surface area (Å²) in [4.78, 5) is 15.6. The maximum atomic E-state index is 11.6. The molecule has 86 valence electrons. The monoisotopic (exact) mass is 247 g/mol. The van der Waals surface area contributed by atoms with Crippen LogP contribution in [-0.2, 0) is 0 Å². The summed E-state index contributed by atoms with van der Waals surface area (Å²) in [6.45, 7) is 0. The average molecular weight is 248 g/mol. The van der Waals surface area contributed by atoms with Crippen molar-refractivity contribution < 1.29 is 4.79 Å². The van der Waals surface area contributed by atoms with E-state index in [4.69, 9.17) is 11.6 Å². The van der Waals surface area contributed by atoms with Crippen LogP contribution in [0.2, 0.25) is 5.02 Å². The van der Waals surface area contributed by atoms with E-state index in [1.165, 1.54) is 0 Å². The maximum Gasteiger partial charge on any atom is 0.324 e. The van der Waals surface area contributed by atoms with Crippen molar-refractivity contribution >= 4 is 29.1 Å². The van der Waals surface area contributed by atoms with Crippen LogP contribution in [0.3, 0.4) is 0 Å². The Labute approximate surface area is 104 Å². The second-order valence-electron chi connectivity index (χ2n) is 3.30. The van der Waals surface area contributed by atoms with Crippen LogP contribution >= 0.6 is 11.6 Å². The van der Waals surface area contributed by atoms with Crippen LogP contribution in [0.1, 0.15) is 0 Å². The van der Waals surface area contributed by atoms with Gasteiger partial charge in [-0.2, -0.15) is 0 Å². The Morgan fingerprint density at radius 1 is 1.12 bits per heavy atom. The number of rotatable bonds is 2.